The van der Waals surface area contributed by atoms with Crippen molar-refractivity contribution in [3.8, 4) is 0 Å². The van der Waals surface area contributed by atoms with Gasteiger partial charge in [-0.3, -0.25) is 14.9 Å². The first-order chi connectivity index (χ1) is 9.49. The third-order valence-corrected chi connectivity index (χ3v) is 3.83. The molecule has 1 N–H and O–H groups in total. The Kier molecular flexibility index (Phi) is 4.18. The van der Waals surface area contributed by atoms with Crippen molar-refractivity contribution in [2.45, 2.75) is 38.2 Å². The van der Waals surface area contributed by atoms with Gasteiger partial charge in [0.1, 0.15) is 0 Å². The largest absolute Gasteiger partial charge is 0.474 e. The standard InChI is InChI=1S/C15H17NO3S/c1-3-15(11-7-5-4-6-8-11)9-12(19-10(2)20)13(17)16-14(15)18/h4-8,12H,3,9H2,1-2H3,(H,16,17,18). The van der Waals surface area contributed by atoms with Gasteiger partial charge in [0.05, 0.1) is 5.41 Å². The van der Waals surface area contributed by atoms with Crippen LogP contribution in [0.25, 0.3) is 0 Å². The van der Waals surface area contributed by atoms with Gasteiger partial charge in [0, 0.05) is 13.3 Å². The monoisotopic (exact) mass is 291 g/mol. The highest BCUT2D eigenvalue weighted by Crippen LogP contribution is 2.36. The van der Waals surface area contributed by atoms with Crippen LogP contribution >= 0.6 is 12.2 Å². The third-order valence-electron chi connectivity index (χ3n) is 3.74. The molecule has 4 nitrogen and oxygen atoms in total. The van der Waals surface area contributed by atoms with Crippen molar-refractivity contribution < 1.29 is 14.3 Å². The Morgan fingerprint density at radius 2 is 2.05 bits per heavy atom. The first-order valence-electron chi connectivity index (χ1n) is 6.57. The molecule has 5 heteroatoms. The molecule has 1 aromatic carbocycles. The zero-order chi connectivity index (χ0) is 14.8. The van der Waals surface area contributed by atoms with E-state index in [2.05, 4.69) is 5.32 Å². The SMILES string of the molecule is CCC1(c2ccccc2)CC(OC(C)=S)C(=O)NC1=O. The van der Waals surface area contributed by atoms with Gasteiger partial charge in [-0.2, -0.15) is 0 Å². The van der Waals surface area contributed by atoms with Gasteiger partial charge in [0.15, 0.2) is 11.2 Å². The van der Waals surface area contributed by atoms with E-state index in [4.69, 9.17) is 17.0 Å². The van der Waals surface area contributed by atoms with Crippen LogP contribution < -0.4 is 5.32 Å². The maximum absolute atomic E-state index is 12.4. The lowest BCUT2D eigenvalue weighted by molar-refractivity contribution is -0.144. The molecule has 2 amide bonds. The predicted molar refractivity (Wildman–Crippen MR) is 79.3 cm³/mol. The summed E-state index contributed by atoms with van der Waals surface area (Å²) in [5.74, 6) is -0.683. The van der Waals surface area contributed by atoms with Gasteiger partial charge < -0.3 is 4.74 Å². The van der Waals surface area contributed by atoms with E-state index in [-0.39, 0.29) is 5.91 Å². The van der Waals surface area contributed by atoms with Crippen LogP contribution in [-0.2, 0) is 19.7 Å². The van der Waals surface area contributed by atoms with Crippen molar-refractivity contribution in [2.75, 3.05) is 0 Å². The van der Waals surface area contributed by atoms with E-state index in [0.29, 0.717) is 17.9 Å². The van der Waals surface area contributed by atoms with E-state index >= 15 is 0 Å². The van der Waals surface area contributed by atoms with Gasteiger partial charge in [-0.15, -0.1) is 0 Å². The molecule has 0 bridgehead atoms. The number of piperidine rings is 1. The molecular weight excluding hydrogens is 274 g/mol. The highest BCUT2D eigenvalue weighted by atomic mass is 32.1. The zero-order valence-corrected chi connectivity index (χ0v) is 12.3. The van der Waals surface area contributed by atoms with E-state index < -0.39 is 17.4 Å². The second-order valence-corrected chi connectivity index (χ2v) is 5.50. The number of benzene rings is 1. The van der Waals surface area contributed by atoms with Gasteiger partial charge in [0.2, 0.25) is 5.91 Å². The van der Waals surface area contributed by atoms with Crippen LogP contribution in [0.4, 0.5) is 0 Å². The van der Waals surface area contributed by atoms with Gasteiger partial charge in [-0.05, 0) is 24.2 Å². The Morgan fingerprint density at radius 1 is 1.40 bits per heavy atom. The number of imide groups is 1. The van der Waals surface area contributed by atoms with Crippen LogP contribution in [0.15, 0.2) is 30.3 Å². The molecule has 0 aromatic heterocycles. The summed E-state index contributed by atoms with van der Waals surface area (Å²) in [6.07, 6.45) is 0.184. The van der Waals surface area contributed by atoms with Crippen LogP contribution in [0.2, 0.25) is 0 Å². The molecule has 20 heavy (non-hydrogen) atoms. The minimum absolute atomic E-state index is 0.266. The van der Waals surface area contributed by atoms with Gasteiger partial charge in [-0.1, -0.05) is 37.3 Å². The summed E-state index contributed by atoms with van der Waals surface area (Å²) in [5.41, 5.74) is 0.146. The molecule has 0 aliphatic carbocycles. The molecular formula is C15H17NO3S. The average Bonchev–Trinajstić information content (AvgIpc) is 2.43. The fourth-order valence-corrected chi connectivity index (χ4v) is 2.74. The topological polar surface area (TPSA) is 55.4 Å². The van der Waals surface area contributed by atoms with Gasteiger partial charge in [-0.25, -0.2) is 0 Å². The fourth-order valence-electron chi connectivity index (χ4n) is 2.62. The zero-order valence-electron chi connectivity index (χ0n) is 11.5. The highest BCUT2D eigenvalue weighted by molar-refractivity contribution is 7.80. The minimum atomic E-state index is -0.745. The van der Waals surface area contributed by atoms with E-state index in [1.807, 2.05) is 37.3 Å². The maximum Gasteiger partial charge on any atom is 0.267 e. The Labute approximate surface area is 123 Å². The van der Waals surface area contributed by atoms with E-state index in [1.165, 1.54) is 0 Å². The number of hydrogen-bond donors (Lipinski definition) is 1. The summed E-state index contributed by atoms with van der Waals surface area (Å²) in [7, 11) is 0. The molecule has 1 aliphatic rings. The van der Waals surface area contributed by atoms with E-state index in [0.717, 1.165) is 5.56 Å². The van der Waals surface area contributed by atoms with Crippen LogP contribution in [0.1, 0.15) is 32.3 Å². The van der Waals surface area contributed by atoms with Crippen LogP contribution in [-0.4, -0.2) is 23.0 Å². The normalized spacial score (nSPS) is 26.0. The summed E-state index contributed by atoms with van der Waals surface area (Å²) < 4.78 is 5.40. The van der Waals surface area contributed by atoms with Gasteiger partial charge in [0.25, 0.3) is 5.91 Å². The Morgan fingerprint density at radius 3 is 2.60 bits per heavy atom. The average molecular weight is 291 g/mol. The number of thiocarbonyl (C=S) groups is 1. The van der Waals surface area contributed by atoms with Crippen molar-refractivity contribution in [3.05, 3.63) is 35.9 Å². The lowest BCUT2D eigenvalue weighted by atomic mass is 9.71. The maximum atomic E-state index is 12.4. The molecule has 1 aromatic rings. The second kappa shape index (κ2) is 5.71. The predicted octanol–water partition coefficient (Wildman–Crippen LogP) is 2.11. The first kappa shape index (κ1) is 14.7. The molecule has 2 rings (SSSR count). The number of amides is 2. The lowest BCUT2D eigenvalue weighted by Crippen LogP contribution is -2.58. The highest BCUT2D eigenvalue weighted by Gasteiger charge is 2.48. The molecule has 2 unspecified atom stereocenters. The molecule has 1 aliphatic heterocycles. The number of rotatable bonds is 3. The van der Waals surface area contributed by atoms with Crippen LogP contribution in [0.5, 0.6) is 0 Å². The summed E-state index contributed by atoms with van der Waals surface area (Å²) in [5, 5.41) is 2.72. The molecule has 1 saturated heterocycles. The first-order valence-corrected chi connectivity index (χ1v) is 6.98. The fraction of sp³-hybridized carbons (Fsp3) is 0.400. The molecule has 1 heterocycles. The van der Waals surface area contributed by atoms with Crippen molar-refractivity contribution in [2.24, 2.45) is 0 Å². The number of nitrogens with one attached hydrogen (secondary N) is 1. The Bertz CT molecular complexity index is 543. The quantitative estimate of drug-likeness (QED) is 0.684. The lowest BCUT2D eigenvalue weighted by Gasteiger charge is -2.38. The Hall–Kier alpha value is -1.75. The number of ether oxygens (including phenoxy) is 1. The second-order valence-electron chi connectivity index (χ2n) is 4.92. The van der Waals surface area contributed by atoms with Gasteiger partial charge >= 0.3 is 0 Å². The number of hydrogen-bond acceptors (Lipinski definition) is 4. The minimum Gasteiger partial charge on any atom is -0.474 e. The number of carbonyl (C=O) groups is 2. The molecule has 0 radical (unpaired) electrons. The van der Waals surface area contributed by atoms with E-state index in [1.54, 1.807) is 6.92 Å². The molecule has 1 fully saturated rings. The van der Waals surface area contributed by atoms with Crippen molar-refractivity contribution in [3.63, 3.8) is 0 Å². The number of carbonyl (C=O) groups excluding carboxylic acids is 2. The molecule has 2 atom stereocenters. The molecule has 0 spiro atoms. The molecule has 106 valence electrons. The Balaban J connectivity index is 2.38. The van der Waals surface area contributed by atoms with E-state index in [9.17, 15) is 9.59 Å². The van der Waals surface area contributed by atoms with Crippen molar-refractivity contribution >= 4 is 29.1 Å². The summed E-state index contributed by atoms with van der Waals surface area (Å²) in [6.45, 7) is 3.55. The summed E-state index contributed by atoms with van der Waals surface area (Å²) in [4.78, 5) is 24.2. The summed E-state index contributed by atoms with van der Waals surface area (Å²) >= 11 is 4.90. The van der Waals surface area contributed by atoms with Crippen molar-refractivity contribution in [1.82, 2.24) is 5.32 Å². The smallest absolute Gasteiger partial charge is 0.267 e. The third kappa shape index (κ3) is 2.58. The van der Waals surface area contributed by atoms with Crippen LogP contribution in [0.3, 0.4) is 0 Å². The van der Waals surface area contributed by atoms with Crippen LogP contribution in [0, 0.1) is 0 Å². The molecule has 0 saturated carbocycles. The summed E-state index contributed by atoms with van der Waals surface area (Å²) in [6, 6.07) is 9.47. The van der Waals surface area contributed by atoms with Crippen molar-refractivity contribution in [1.29, 1.82) is 0 Å².